The Hall–Kier alpha value is -3.30. The molecule has 1 atom stereocenters. The highest BCUT2D eigenvalue weighted by molar-refractivity contribution is 6.04. The monoisotopic (exact) mass is 368 g/mol. The molecule has 2 amide bonds. The van der Waals surface area contributed by atoms with Gasteiger partial charge in [0.05, 0.1) is 5.52 Å². The normalized spacial score (nSPS) is 17.2. The maximum atomic E-state index is 12.5. The Balaban J connectivity index is 1.32. The average Bonchev–Trinajstić information content (AvgIpc) is 3.36. The Morgan fingerprint density at radius 2 is 2.19 bits per heavy atom. The van der Waals surface area contributed by atoms with Crippen molar-refractivity contribution in [2.24, 2.45) is 5.92 Å². The summed E-state index contributed by atoms with van der Waals surface area (Å²) in [6.45, 7) is 1.97. The van der Waals surface area contributed by atoms with Gasteiger partial charge in [0.2, 0.25) is 5.91 Å². The fourth-order valence-corrected chi connectivity index (χ4v) is 3.41. The maximum absolute atomic E-state index is 12.5. The van der Waals surface area contributed by atoms with Crippen molar-refractivity contribution in [1.29, 1.82) is 0 Å². The van der Waals surface area contributed by atoms with Gasteiger partial charge < -0.3 is 10.2 Å². The Bertz CT molecular complexity index is 935. The summed E-state index contributed by atoms with van der Waals surface area (Å²) in [6, 6.07) is 7.53. The Morgan fingerprint density at radius 1 is 1.30 bits per heavy atom. The van der Waals surface area contributed by atoms with Crippen LogP contribution < -0.4 is 5.32 Å². The van der Waals surface area contributed by atoms with Gasteiger partial charge in [-0.1, -0.05) is 18.2 Å². The van der Waals surface area contributed by atoms with Crippen LogP contribution in [0.2, 0.25) is 0 Å². The summed E-state index contributed by atoms with van der Waals surface area (Å²) in [5.74, 6) is -0.00746. The fraction of sp³-hybridized carbons (Fsp3) is 0.412. The number of carbonyl (C=O) groups excluding carboxylic acids is 2. The lowest BCUT2D eigenvalue weighted by Crippen LogP contribution is -2.44. The zero-order valence-corrected chi connectivity index (χ0v) is 14.7. The van der Waals surface area contributed by atoms with Crippen molar-refractivity contribution in [2.45, 2.75) is 19.4 Å². The van der Waals surface area contributed by atoms with Crippen molar-refractivity contribution in [2.75, 3.05) is 19.6 Å². The predicted octanol–water partition coefficient (Wildman–Crippen LogP) is 0.218. The first-order chi connectivity index (χ1) is 13.2. The highest BCUT2D eigenvalue weighted by Gasteiger charge is 2.25. The van der Waals surface area contributed by atoms with Crippen LogP contribution in [0.25, 0.3) is 10.9 Å². The number of carbonyl (C=O) groups is 2. The van der Waals surface area contributed by atoms with E-state index in [1.165, 1.54) is 11.0 Å². The molecule has 3 aromatic rings. The number of para-hydroxylation sites is 1. The number of rotatable bonds is 5. The van der Waals surface area contributed by atoms with Gasteiger partial charge in [-0.2, -0.15) is 5.10 Å². The van der Waals surface area contributed by atoms with Crippen molar-refractivity contribution in [1.82, 2.24) is 40.6 Å². The molecule has 0 saturated carbocycles. The Morgan fingerprint density at radius 3 is 3.04 bits per heavy atom. The van der Waals surface area contributed by atoms with Crippen molar-refractivity contribution in [3.8, 4) is 0 Å². The number of hydrogen-bond donors (Lipinski definition) is 2. The zero-order valence-electron chi connectivity index (χ0n) is 14.7. The van der Waals surface area contributed by atoms with Crippen LogP contribution in [0, 0.1) is 5.92 Å². The molecular formula is C17H20N8O2. The van der Waals surface area contributed by atoms with E-state index >= 15 is 0 Å². The molecule has 0 unspecified atom stereocenters. The van der Waals surface area contributed by atoms with E-state index in [1.807, 2.05) is 29.2 Å². The number of piperidine rings is 1. The minimum absolute atomic E-state index is 0.0170. The smallest absolute Gasteiger partial charge is 0.272 e. The summed E-state index contributed by atoms with van der Waals surface area (Å²) in [5, 5.41) is 21.5. The Labute approximate surface area is 154 Å². The standard InChI is InChI=1S/C17H20N8O2/c26-15(10-25-11-19-22-23-25)24-7-3-4-12(9-24)8-18-17(27)16-13-5-1-2-6-14(13)20-21-16/h1-2,5-6,11-12H,3-4,7-10H2,(H,18,27)(H,20,21)/t12-/m0/s1. The molecule has 4 rings (SSSR count). The number of nitrogens with one attached hydrogen (secondary N) is 2. The number of amides is 2. The summed E-state index contributed by atoms with van der Waals surface area (Å²) >= 11 is 0. The molecule has 0 radical (unpaired) electrons. The quantitative estimate of drug-likeness (QED) is 0.664. The first-order valence-corrected chi connectivity index (χ1v) is 8.90. The van der Waals surface area contributed by atoms with Crippen LogP contribution in [0.4, 0.5) is 0 Å². The lowest BCUT2D eigenvalue weighted by molar-refractivity contribution is -0.133. The molecule has 1 aliphatic heterocycles. The first kappa shape index (κ1) is 17.1. The maximum Gasteiger partial charge on any atom is 0.272 e. The molecule has 10 heteroatoms. The minimum atomic E-state index is -0.204. The lowest BCUT2D eigenvalue weighted by atomic mass is 9.98. The first-order valence-electron chi connectivity index (χ1n) is 8.90. The number of fused-ring (bicyclic) bond motifs is 1. The van der Waals surface area contributed by atoms with Crippen LogP contribution in [0.15, 0.2) is 30.6 Å². The summed E-state index contributed by atoms with van der Waals surface area (Å²) in [7, 11) is 0. The fourth-order valence-electron chi connectivity index (χ4n) is 3.41. The molecule has 1 fully saturated rings. The molecule has 1 aromatic carbocycles. The molecule has 2 N–H and O–H groups in total. The van der Waals surface area contributed by atoms with Gasteiger partial charge in [0.1, 0.15) is 12.9 Å². The van der Waals surface area contributed by atoms with Gasteiger partial charge in [-0.05, 0) is 35.3 Å². The molecule has 3 heterocycles. The van der Waals surface area contributed by atoms with Crippen LogP contribution in [0.1, 0.15) is 23.3 Å². The molecule has 1 aliphatic rings. The average molecular weight is 368 g/mol. The topological polar surface area (TPSA) is 122 Å². The van der Waals surface area contributed by atoms with Crippen LogP contribution >= 0.6 is 0 Å². The third kappa shape index (κ3) is 3.78. The number of tetrazole rings is 1. The third-order valence-electron chi connectivity index (χ3n) is 4.80. The van der Waals surface area contributed by atoms with Gasteiger partial charge >= 0.3 is 0 Å². The van der Waals surface area contributed by atoms with Crippen molar-refractivity contribution < 1.29 is 9.59 Å². The van der Waals surface area contributed by atoms with Gasteiger partial charge in [-0.25, -0.2) is 4.68 Å². The van der Waals surface area contributed by atoms with E-state index in [0.29, 0.717) is 18.8 Å². The van der Waals surface area contributed by atoms with Gasteiger partial charge in [-0.15, -0.1) is 5.10 Å². The second-order valence-corrected chi connectivity index (χ2v) is 6.68. The van der Waals surface area contributed by atoms with Crippen LogP contribution in [0.3, 0.4) is 0 Å². The highest BCUT2D eigenvalue weighted by Crippen LogP contribution is 2.18. The molecule has 0 bridgehead atoms. The van der Waals surface area contributed by atoms with E-state index < -0.39 is 0 Å². The van der Waals surface area contributed by atoms with Gasteiger partial charge in [-0.3, -0.25) is 14.7 Å². The molecular weight excluding hydrogens is 348 g/mol. The highest BCUT2D eigenvalue weighted by atomic mass is 16.2. The van der Waals surface area contributed by atoms with E-state index in [2.05, 4.69) is 31.0 Å². The summed E-state index contributed by atoms with van der Waals surface area (Å²) in [6.07, 6.45) is 3.30. The number of aromatic amines is 1. The van der Waals surface area contributed by atoms with Crippen LogP contribution in [-0.2, 0) is 11.3 Å². The molecule has 0 aliphatic carbocycles. The second-order valence-electron chi connectivity index (χ2n) is 6.68. The van der Waals surface area contributed by atoms with Crippen molar-refractivity contribution in [3.63, 3.8) is 0 Å². The molecule has 27 heavy (non-hydrogen) atoms. The van der Waals surface area contributed by atoms with E-state index in [9.17, 15) is 9.59 Å². The second kappa shape index (κ2) is 7.52. The van der Waals surface area contributed by atoms with Gasteiger partial charge in [0.25, 0.3) is 5.91 Å². The van der Waals surface area contributed by atoms with E-state index in [0.717, 1.165) is 30.3 Å². The SMILES string of the molecule is O=C(NC[C@@H]1CCCN(C(=O)Cn2cnnn2)C1)c1n[nH]c2ccccc12. The molecule has 10 nitrogen and oxygen atoms in total. The number of hydrogen-bond acceptors (Lipinski definition) is 6. The minimum Gasteiger partial charge on any atom is -0.350 e. The van der Waals surface area contributed by atoms with E-state index in [4.69, 9.17) is 0 Å². The predicted molar refractivity (Wildman–Crippen MR) is 95.5 cm³/mol. The number of aromatic nitrogens is 6. The summed E-state index contributed by atoms with van der Waals surface area (Å²) < 4.78 is 1.41. The third-order valence-corrected chi connectivity index (χ3v) is 4.80. The summed E-state index contributed by atoms with van der Waals surface area (Å²) in [4.78, 5) is 26.7. The van der Waals surface area contributed by atoms with Crippen LogP contribution in [-0.4, -0.2) is 66.8 Å². The Kier molecular flexibility index (Phi) is 4.77. The summed E-state index contributed by atoms with van der Waals surface area (Å²) in [5.41, 5.74) is 1.23. The van der Waals surface area contributed by atoms with Gasteiger partial charge in [0.15, 0.2) is 5.69 Å². The molecule has 0 spiro atoms. The number of benzene rings is 1. The van der Waals surface area contributed by atoms with Crippen molar-refractivity contribution >= 4 is 22.7 Å². The van der Waals surface area contributed by atoms with E-state index in [-0.39, 0.29) is 24.3 Å². The van der Waals surface area contributed by atoms with Crippen LogP contribution in [0.5, 0.6) is 0 Å². The lowest BCUT2D eigenvalue weighted by Gasteiger charge is -2.32. The molecule has 1 saturated heterocycles. The molecule has 140 valence electrons. The number of H-pyrrole nitrogens is 1. The molecule has 2 aromatic heterocycles. The number of likely N-dealkylation sites (tertiary alicyclic amines) is 1. The zero-order chi connectivity index (χ0) is 18.6. The van der Waals surface area contributed by atoms with Gasteiger partial charge in [0, 0.05) is 25.0 Å². The largest absolute Gasteiger partial charge is 0.350 e. The van der Waals surface area contributed by atoms with Crippen molar-refractivity contribution in [3.05, 3.63) is 36.3 Å². The van der Waals surface area contributed by atoms with E-state index in [1.54, 1.807) is 0 Å². The number of nitrogens with zero attached hydrogens (tertiary/aromatic N) is 6.